The van der Waals surface area contributed by atoms with Crippen LogP contribution in [0, 0.1) is 6.92 Å². The van der Waals surface area contributed by atoms with Gasteiger partial charge >= 0.3 is 6.09 Å². The van der Waals surface area contributed by atoms with Crippen molar-refractivity contribution in [2.24, 2.45) is 7.05 Å². The van der Waals surface area contributed by atoms with Gasteiger partial charge < -0.3 is 9.64 Å². The molecule has 33 heavy (non-hydrogen) atoms. The van der Waals surface area contributed by atoms with Gasteiger partial charge in [0.15, 0.2) is 0 Å². The van der Waals surface area contributed by atoms with Gasteiger partial charge in [-0.25, -0.2) is 18.6 Å². The zero-order valence-electron chi connectivity index (χ0n) is 20.2. The molecule has 0 spiro atoms. The lowest BCUT2D eigenvalue weighted by molar-refractivity contribution is -0.0220. The molecule has 1 N–H and O–H groups in total. The SMILES string of the molecule is CCc1c(C)c(SCc2cc(N3CCC(F)(F)CC3)cc(NC(=O)OC(C)(C)C)n2)nn1C. The maximum absolute atomic E-state index is 13.7. The highest BCUT2D eigenvalue weighted by Gasteiger charge is 2.34. The summed E-state index contributed by atoms with van der Waals surface area (Å²) in [4.78, 5) is 18.8. The molecule has 1 saturated heterocycles. The fourth-order valence-corrected chi connectivity index (χ4v) is 4.75. The van der Waals surface area contributed by atoms with Crippen molar-refractivity contribution >= 4 is 29.4 Å². The Bertz CT molecular complexity index is 993. The molecular formula is C23H33F2N5O2S. The Morgan fingerprint density at radius 2 is 1.94 bits per heavy atom. The van der Waals surface area contributed by atoms with Gasteiger partial charge in [0.05, 0.1) is 5.69 Å². The lowest BCUT2D eigenvalue weighted by atomic mass is 10.1. The Kier molecular flexibility index (Phi) is 7.55. The Labute approximate surface area is 198 Å². The summed E-state index contributed by atoms with van der Waals surface area (Å²) in [6.07, 6.45) is -0.0979. The van der Waals surface area contributed by atoms with Crippen LogP contribution in [0.2, 0.25) is 0 Å². The molecule has 3 heterocycles. The van der Waals surface area contributed by atoms with Gasteiger partial charge in [0.25, 0.3) is 5.92 Å². The van der Waals surface area contributed by atoms with Crippen LogP contribution in [0.5, 0.6) is 0 Å². The molecule has 0 bridgehead atoms. The molecule has 0 aliphatic carbocycles. The van der Waals surface area contributed by atoms with Gasteiger partial charge in [-0.05, 0) is 40.2 Å². The number of anilines is 2. The molecule has 1 aliphatic heterocycles. The second kappa shape index (κ2) is 9.87. The Hall–Kier alpha value is -2.36. The van der Waals surface area contributed by atoms with E-state index in [1.54, 1.807) is 38.6 Å². The van der Waals surface area contributed by atoms with E-state index in [1.165, 1.54) is 5.69 Å². The van der Waals surface area contributed by atoms with Gasteiger partial charge in [0.2, 0.25) is 0 Å². The van der Waals surface area contributed by atoms with Crippen molar-refractivity contribution in [2.45, 2.75) is 76.2 Å². The van der Waals surface area contributed by atoms with Crippen molar-refractivity contribution in [1.82, 2.24) is 14.8 Å². The van der Waals surface area contributed by atoms with Gasteiger partial charge in [-0.15, -0.1) is 0 Å². The number of amides is 1. The summed E-state index contributed by atoms with van der Waals surface area (Å²) in [6.45, 7) is 10.00. The number of carbonyl (C=O) groups is 1. The van der Waals surface area contributed by atoms with E-state index in [0.29, 0.717) is 11.6 Å². The smallest absolute Gasteiger partial charge is 0.413 e. The number of ether oxygens (including phenoxy) is 1. The molecule has 7 nitrogen and oxygen atoms in total. The molecule has 1 aliphatic rings. The quantitative estimate of drug-likeness (QED) is 0.545. The van der Waals surface area contributed by atoms with Crippen LogP contribution < -0.4 is 10.2 Å². The number of aromatic nitrogens is 3. The largest absolute Gasteiger partial charge is 0.444 e. The van der Waals surface area contributed by atoms with Gasteiger partial charge in [-0.2, -0.15) is 5.10 Å². The fraction of sp³-hybridized carbons (Fsp3) is 0.609. The van der Waals surface area contributed by atoms with E-state index < -0.39 is 17.6 Å². The van der Waals surface area contributed by atoms with E-state index >= 15 is 0 Å². The number of thioether (sulfide) groups is 1. The summed E-state index contributed by atoms with van der Waals surface area (Å²) >= 11 is 1.57. The molecule has 182 valence electrons. The summed E-state index contributed by atoms with van der Waals surface area (Å²) in [6, 6.07) is 3.61. The van der Waals surface area contributed by atoms with Crippen LogP contribution in [0.4, 0.5) is 25.1 Å². The molecule has 0 unspecified atom stereocenters. The number of alkyl halides is 2. The number of nitrogens with one attached hydrogen (secondary N) is 1. The molecule has 2 aromatic heterocycles. The first-order chi connectivity index (χ1) is 15.4. The third-order valence-corrected chi connectivity index (χ3v) is 6.53. The van der Waals surface area contributed by atoms with Crippen LogP contribution in [-0.4, -0.2) is 45.5 Å². The summed E-state index contributed by atoms with van der Waals surface area (Å²) in [5.41, 5.74) is 3.16. The van der Waals surface area contributed by atoms with Crippen molar-refractivity contribution in [2.75, 3.05) is 23.3 Å². The number of aryl methyl sites for hydroxylation is 1. The summed E-state index contributed by atoms with van der Waals surface area (Å²) in [7, 11) is 1.93. The lowest BCUT2D eigenvalue weighted by Crippen LogP contribution is -2.39. The highest BCUT2D eigenvalue weighted by Crippen LogP contribution is 2.33. The van der Waals surface area contributed by atoms with Crippen LogP contribution in [0.1, 0.15) is 57.5 Å². The molecule has 0 aromatic carbocycles. The molecule has 10 heteroatoms. The zero-order valence-corrected chi connectivity index (χ0v) is 21.0. The van der Waals surface area contributed by atoms with Gasteiger partial charge in [0.1, 0.15) is 16.4 Å². The first-order valence-corrected chi connectivity index (χ1v) is 12.1. The lowest BCUT2D eigenvalue weighted by Gasteiger charge is -2.33. The number of hydrogen-bond acceptors (Lipinski definition) is 6. The van der Waals surface area contributed by atoms with Crippen LogP contribution in [-0.2, 0) is 24.0 Å². The minimum Gasteiger partial charge on any atom is -0.444 e. The first kappa shape index (κ1) is 25.3. The standard InChI is InChI=1S/C23H33F2N5O2S/c1-7-18-15(2)20(28-29(18)6)33-14-16-12-17(30-10-8-23(24,25)9-11-30)13-19(26-16)27-21(31)32-22(3,4)5/h12-13H,7-11,14H2,1-6H3,(H,26,27,31). The number of rotatable bonds is 6. The van der Waals surface area contributed by atoms with Crippen molar-refractivity contribution in [1.29, 1.82) is 0 Å². The number of hydrogen-bond donors (Lipinski definition) is 1. The van der Waals surface area contributed by atoms with Gasteiger partial charge in [-0.3, -0.25) is 10.00 Å². The van der Waals surface area contributed by atoms with Crippen LogP contribution in [0.15, 0.2) is 17.2 Å². The van der Waals surface area contributed by atoms with Crippen molar-refractivity contribution in [3.05, 3.63) is 29.1 Å². The minimum absolute atomic E-state index is 0.193. The molecule has 0 radical (unpaired) electrons. The van der Waals surface area contributed by atoms with Crippen LogP contribution >= 0.6 is 11.8 Å². The van der Waals surface area contributed by atoms with Gasteiger partial charge in [-0.1, -0.05) is 18.7 Å². The highest BCUT2D eigenvalue weighted by molar-refractivity contribution is 7.98. The predicted molar refractivity (Wildman–Crippen MR) is 127 cm³/mol. The minimum atomic E-state index is -2.63. The van der Waals surface area contributed by atoms with Crippen molar-refractivity contribution < 1.29 is 18.3 Å². The van der Waals surface area contributed by atoms with Crippen LogP contribution in [0.25, 0.3) is 0 Å². The Morgan fingerprint density at radius 1 is 1.27 bits per heavy atom. The molecule has 1 amide bonds. The molecule has 0 atom stereocenters. The Balaban J connectivity index is 1.83. The normalized spacial score (nSPS) is 16.1. The maximum atomic E-state index is 13.7. The van der Waals surface area contributed by atoms with E-state index in [2.05, 4.69) is 29.2 Å². The van der Waals surface area contributed by atoms with E-state index in [0.717, 1.165) is 28.4 Å². The van der Waals surface area contributed by atoms with Crippen molar-refractivity contribution in [3.8, 4) is 0 Å². The van der Waals surface area contributed by atoms with Gasteiger partial charge in [0, 0.05) is 61.7 Å². The van der Waals surface area contributed by atoms with Crippen LogP contribution in [0.3, 0.4) is 0 Å². The molecule has 3 rings (SSSR count). The molecule has 2 aromatic rings. The second-order valence-corrected chi connectivity index (χ2v) is 10.3. The molecule has 0 saturated carbocycles. The van der Waals surface area contributed by atoms with E-state index in [9.17, 15) is 13.6 Å². The number of pyridine rings is 1. The highest BCUT2D eigenvalue weighted by atomic mass is 32.2. The second-order valence-electron chi connectivity index (χ2n) is 9.31. The molecule has 1 fully saturated rings. The number of carbonyl (C=O) groups excluding carboxylic acids is 1. The maximum Gasteiger partial charge on any atom is 0.413 e. The number of halogens is 2. The third kappa shape index (κ3) is 6.82. The number of nitrogens with zero attached hydrogens (tertiary/aromatic N) is 4. The van der Waals surface area contributed by atoms with E-state index in [-0.39, 0.29) is 25.9 Å². The molecular weight excluding hydrogens is 448 g/mol. The summed E-state index contributed by atoms with van der Waals surface area (Å²) in [5, 5.41) is 8.23. The number of piperidine rings is 1. The van der Waals surface area contributed by atoms with E-state index in [4.69, 9.17) is 4.74 Å². The first-order valence-electron chi connectivity index (χ1n) is 11.2. The fourth-order valence-electron chi connectivity index (χ4n) is 3.80. The van der Waals surface area contributed by atoms with Crippen molar-refractivity contribution in [3.63, 3.8) is 0 Å². The predicted octanol–water partition coefficient (Wildman–Crippen LogP) is 5.56. The zero-order chi connectivity index (χ0) is 24.4. The summed E-state index contributed by atoms with van der Waals surface area (Å²) in [5.74, 6) is -1.77. The third-order valence-electron chi connectivity index (χ3n) is 5.43. The monoisotopic (exact) mass is 481 g/mol. The average Bonchev–Trinajstić information content (AvgIpc) is 2.97. The topological polar surface area (TPSA) is 72.3 Å². The van der Waals surface area contributed by atoms with E-state index in [1.807, 2.05) is 22.7 Å². The summed E-state index contributed by atoms with van der Waals surface area (Å²) < 4.78 is 34.6. The Morgan fingerprint density at radius 3 is 2.52 bits per heavy atom. The average molecular weight is 482 g/mol.